The normalized spacial score (nSPS) is 10.2. The molecular formula is C10H7BrN2O4. The van der Waals surface area contributed by atoms with E-state index in [0.717, 1.165) is 4.47 Å². The van der Waals surface area contributed by atoms with Crippen molar-refractivity contribution in [3.8, 4) is 5.75 Å². The summed E-state index contributed by atoms with van der Waals surface area (Å²) in [6.45, 7) is 0.117. The van der Waals surface area contributed by atoms with Crippen LogP contribution < -0.4 is 4.74 Å². The SMILES string of the molecule is O=[N+]([O-])c1ccc(COc2cncc(Br)c2)o1. The third-order valence-corrected chi connectivity index (χ3v) is 2.32. The molecule has 0 bridgehead atoms. The lowest BCUT2D eigenvalue weighted by atomic mass is 10.4. The van der Waals surface area contributed by atoms with Gasteiger partial charge in [0.05, 0.1) is 12.3 Å². The molecule has 0 fully saturated rings. The summed E-state index contributed by atoms with van der Waals surface area (Å²) in [5, 5.41) is 10.4. The Hall–Kier alpha value is -1.89. The molecule has 0 saturated heterocycles. The molecule has 88 valence electrons. The van der Waals surface area contributed by atoms with E-state index in [1.165, 1.54) is 12.1 Å². The number of hydrogen-bond donors (Lipinski definition) is 0. The smallest absolute Gasteiger partial charge is 0.433 e. The van der Waals surface area contributed by atoms with E-state index in [1.807, 2.05) is 0 Å². The molecule has 0 aliphatic carbocycles. The maximum absolute atomic E-state index is 10.4. The molecule has 0 radical (unpaired) electrons. The third-order valence-electron chi connectivity index (χ3n) is 1.89. The standard InChI is InChI=1S/C10H7BrN2O4/c11-7-3-9(5-12-4-7)16-6-8-1-2-10(17-8)13(14)15/h1-5H,6H2. The fraction of sp³-hybridized carbons (Fsp3) is 0.100. The Morgan fingerprint density at radius 3 is 2.94 bits per heavy atom. The van der Waals surface area contributed by atoms with E-state index >= 15 is 0 Å². The van der Waals surface area contributed by atoms with Crippen LogP contribution in [0.3, 0.4) is 0 Å². The van der Waals surface area contributed by atoms with Gasteiger partial charge in [-0.25, -0.2) is 0 Å². The van der Waals surface area contributed by atoms with Crippen molar-refractivity contribution in [3.05, 3.63) is 50.9 Å². The number of nitro groups is 1. The number of ether oxygens (including phenoxy) is 1. The molecular weight excluding hydrogens is 292 g/mol. The van der Waals surface area contributed by atoms with Crippen LogP contribution in [0.4, 0.5) is 5.88 Å². The zero-order chi connectivity index (χ0) is 12.3. The Balaban J connectivity index is 2.00. The van der Waals surface area contributed by atoms with Gasteiger partial charge in [0.15, 0.2) is 0 Å². The molecule has 2 rings (SSSR count). The average Bonchev–Trinajstić information content (AvgIpc) is 2.75. The largest absolute Gasteiger partial charge is 0.484 e. The molecule has 7 heteroatoms. The van der Waals surface area contributed by atoms with E-state index in [0.29, 0.717) is 11.5 Å². The highest BCUT2D eigenvalue weighted by Crippen LogP contribution is 2.19. The molecule has 0 atom stereocenters. The Morgan fingerprint density at radius 2 is 2.29 bits per heavy atom. The van der Waals surface area contributed by atoms with Gasteiger partial charge in [-0.2, -0.15) is 0 Å². The van der Waals surface area contributed by atoms with Gasteiger partial charge in [0, 0.05) is 10.7 Å². The summed E-state index contributed by atoms with van der Waals surface area (Å²) in [5.74, 6) is 0.645. The van der Waals surface area contributed by atoms with E-state index < -0.39 is 4.92 Å². The van der Waals surface area contributed by atoms with Crippen molar-refractivity contribution in [3.63, 3.8) is 0 Å². The summed E-state index contributed by atoms with van der Waals surface area (Å²) < 4.78 is 11.1. The number of furan rings is 1. The minimum absolute atomic E-state index is 0.117. The molecule has 17 heavy (non-hydrogen) atoms. The van der Waals surface area contributed by atoms with E-state index in [4.69, 9.17) is 9.15 Å². The van der Waals surface area contributed by atoms with Crippen LogP contribution in [0.25, 0.3) is 0 Å². The maximum atomic E-state index is 10.4. The number of aromatic nitrogens is 1. The van der Waals surface area contributed by atoms with Gasteiger partial charge in [-0.05, 0) is 28.1 Å². The van der Waals surface area contributed by atoms with Gasteiger partial charge >= 0.3 is 5.88 Å². The maximum Gasteiger partial charge on any atom is 0.433 e. The van der Waals surface area contributed by atoms with Crippen molar-refractivity contribution in [1.29, 1.82) is 0 Å². The molecule has 0 amide bonds. The highest BCUT2D eigenvalue weighted by molar-refractivity contribution is 9.10. The van der Waals surface area contributed by atoms with E-state index in [2.05, 4.69) is 20.9 Å². The summed E-state index contributed by atoms with van der Waals surface area (Å²) in [6, 6.07) is 4.53. The number of hydrogen-bond acceptors (Lipinski definition) is 5. The predicted molar refractivity (Wildman–Crippen MR) is 61.6 cm³/mol. The van der Waals surface area contributed by atoms with Crippen LogP contribution in [0.2, 0.25) is 0 Å². The van der Waals surface area contributed by atoms with Crippen LogP contribution in [-0.4, -0.2) is 9.91 Å². The first-order valence-corrected chi connectivity index (χ1v) is 5.41. The minimum atomic E-state index is -0.593. The van der Waals surface area contributed by atoms with Gasteiger partial charge in [0.2, 0.25) is 0 Å². The Bertz CT molecular complexity index is 541. The van der Waals surface area contributed by atoms with Crippen LogP contribution >= 0.6 is 15.9 Å². The predicted octanol–water partition coefficient (Wildman–Crippen LogP) is 2.92. The first-order valence-electron chi connectivity index (χ1n) is 4.61. The van der Waals surface area contributed by atoms with Crippen molar-refractivity contribution in [2.75, 3.05) is 0 Å². The lowest BCUT2D eigenvalue weighted by molar-refractivity contribution is -0.402. The van der Waals surface area contributed by atoms with Crippen molar-refractivity contribution in [2.45, 2.75) is 6.61 Å². The highest BCUT2D eigenvalue weighted by Gasteiger charge is 2.11. The molecule has 0 unspecified atom stereocenters. The molecule has 0 saturated carbocycles. The molecule has 6 nitrogen and oxygen atoms in total. The quantitative estimate of drug-likeness (QED) is 0.640. The fourth-order valence-corrected chi connectivity index (χ4v) is 1.51. The van der Waals surface area contributed by atoms with Crippen LogP contribution in [0.1, 0.15) is 5.76 Å². The van der Waals surface area contributed by atoms with Gasteiger partial charge in [0.1, 0.15) is 23.0 Å². The number of pyridine rings is 1. The third kappa shape index (κ3) is 3.04. The lowest BCUT2D eigenvalue weighted by Gasteiger charge is -2.02. The monoisotopic (exact) mass is 298 g/mol. The molecule has 2 heterocycles. The summed E-state index contributed by atoms with van der Waals surface area (Å²) >= 11 is 3.26. The van der Waals surface area contributed by atoms with Gasteiger partial charge in [-0.3, -0.25) is 15.1 Å². The average molecular weight is 299 g/mol. The highest BCUT2D eigenvalue weighted by atomic mass is 79.9. The Labute approximate surface area is 105 Å². The van der Waals surface area contributed by atoms with E-state index in [1.54, 1.807) is 18.5 Å². The molecule has 0 spiro atoms. The van der Waals surface area contributed by atoms with Gasteiger partial charge in [-0.1, -0.05) is 0 Å². The van der Waals surface area contributed by atoms with E-state index in [9.17, 15) is 10.1 Å². The van der Waals surface area contributed by atoms with Crippen molar-refractivity contribution in [1.82, 2.24) is 4.98 Å². The van der Waals surface area contributed by atoms with Crippen molar-refractivity contribution in [2.24, 2.45) is 0 Å². The topological polar surface area (TPSA) is 78.4 Å². The van der Waals surface area contributed by atoms with Crippen molar-refractivity contribution >= 4 is 21.8 Å². The second-order valence-electron chi connectivity index (χ2n) is 3.12. The molecule has 2 aromatic rings. The number of halogens is 1. The van der Waals surface area contributed by atoms with Crippen LogP contribution in [0.5, 0.6) is 5.75 Å². The summed E-state index contributed by atoms with van der Waals surface area (Å²) in [6.07, 6.45) is 3.17. The molecule has 0 N–H and O–H groups in total. The Morgan fingerprint density at radius 1 is 1.47 bits per heavy atom. The van der Waals surface area contributed by atoms with Gasteiger partial charge in [-0.15, -0.1) is 0 Å². The second-order valence-corrected chi connectivity index (χ2v) is 4.04. The number of nitrogens with zero attached hydrogens (tertiary/aromatic N) is 2. The van der Waals surface area contributed by atoms with Crippen LogP contribution in [0, 0.1) is 10.1 Å². The minimum Gasteiger partial charge on any atom is -0.484 e. The number of rotatable bonds is 4. The van der Waals surface area contributed by atoms with Gasteiger partial charge in [0.25, 0.3) is 0 Å². The zero-order valence-corrected chi connectivity index (χ0v) is 10.1. The zero-order valence-electron chi connectivity index (χ0n) is 8.50. The first kappa shape index (κ1) is 11.6. The molecule has 0 aromatic carbocycles. The molecule has 2 aromatic heterocycles. The molecule has 0 aliphatic heterocycles. The summed E-state index contributed by atoms with van der Waals surface area (Å²) in [4.78, 5) is 13.7. The van der Waals surface area contributed by atoms with Crippen LogP contribution in [-0.2, 0) is 6.61 Å². The first-order chi connectivity index (χ1) is 8.15. The van der Waals surface area contributed by atoms with Gasteiger partial charge < -0.3 is 9.15 Å². The Kier molecular flexibility index (Phi) is 3.38. The van der Waals surface area contributed by atoms with E-state index in [-0.39, 0.29) is 12.5 Å². The van der Waals surface area contributed by atoms with Crippen LogP contribution in [0.15, 0.2) is 39.5 Å². The summed E-state index contributed by atoms with van der Waals surface area (Å²) in [7, 11) is 0. The second kappa shape index (κ2) is 4.96. The lowest BCUT2D eigenvalue weighted by Crippen LogP contribution is -1.94. The van der Waals surface area contributed by atoms with Crippen molar-refractivity contribution < 1.29 is 14.1 Å². The molecule has 0 aliphatic rings. The fourth-order valence-electron chi connectivity index (χ4n) is 1.17. The summed E-state index contributed by atoms with van der Waals surface area (Å²) in [5.41, 5.74) is 0.